The van der Waals surface area contributed by atoms with Gasteiger partial charge in [0.25, 0.3) is 0 Å². The molecule has 138 valence electrons. The molecule has 1 aliphatic heterocycles. The highest BCUT2D eigenvalue weighted by molar-refractivity contribution is 6.30. The second-order valence-electron chi connectivity index (χ2n) is 6.04. The third-order valence-electron chi connectivity index (χ3n) is 4.43. The van der Waals surface area contributed by atoms with E-state index in [1.54, 1.807) is 12.0 Å². The highest BCUT2D eigenvalue weighted by Gasteiger charge is 2.21. The van der Waals surface area contributed by atoms with Crippen LogP contribution < -0.4 is 15.0 Å². The number of methoxy groups -OCH3 is 1. The van der Waals surface area contributed by atoms with Crippen molar-refractivity contribution in [3.8, 4) is 5.75 Å². The van der Waals surface area contributed by atoms with Gasteiger partial charge in [-0.1, -0.05) is 11.6 Å². The molecule has 0 radical (unpaired) electrons. The van der Waals surface area contributed by atoms with Gasteiger partial charge in [0, 0.05) is 36.9 Å². The van der Waals surface area contributed by atoms with Crippen molar-refractivity contribution in [3.63, 3.8) is 0 Å². The number of piperazine rings is 1. The molecule has 0 atom stereocenters. The van der Waals surface area contributed by atoms with Crippen LogP contribution in [-0.4, -0.2) is 50.6 Å². The van der Waals surface area contributed by atoms with Gasteiger partial charge in [-0.05, 0) is 42.5 Å². The molecule has 3 rings (SSSR count). The molecule has 0 saturated carbocycles. The maximum atomic E-state index is 13.7. The second kappa shape index (κ2) is 8.27. The fourth-order valence-corrected chi connectivity index (χ4v) is 3.09. The maximum Gasteiger partial charge on any atom is 0.241 e. The molecule has 1 saturated heterocycles. The molecule has 1 N–H and O–H groups in total. The number of amides is 1. The van der Waals surface area contributed by atoms with E-state index in [0.717, 1.165) is 24.5 Å². The molecule has 0 aromatic heterocycles. The summed E-state index contributed by atoms with van der Waals surface area (Å²) in [6.07, 6.45) is 0. The molecule has 0 spiro atoms. The minimum Gasteiger partial charge on any atom is -0.497 e. The summed E-state index contributed by atoms with van der Waals surface area (Å²) in [6.45, 7) is 2.81. The summed E-state index contributed by atoms with van der Waals surface area (Å²) in [6, 6.07) is 12.1. The van der Waals surface area contributed by atoms with Gasteiger partial charge in [0.2, 0.25) is 5.91 Å². The van der Waals surface area contributed by atoms with Crippen molar-refractivity contribution in [2.24, 2.45) is 0 Å². The average Bonchev–Trinajstić information content (AvgIpc) is 2.68. The molecule has 1 heterocycles. The zero-order valence-electron chi connectivity index (χ0n) is 14.5. The number of benzene rings is 2. The molecule has 2 aromatic rings. The Morgan fingerprint density at radius 3 is 2.50 bits per heavy atom. The van der Waals surface area contributed by atoms with E-state index in [4.69, 9.17) is 16.3 Å². The Labute approximate surface area is 157 Å². The molecular weight excluding hydrogens is 357 g/mol. The molecule has 1 aliphatic rings. The van der Waals surface area contributed by atoms with Gasteiger partial charge >= 0.3 is 0 Å². The summed E-state index contributed by atoms with van der Waals surface area (Å²) in [5, 5.41) is 3.25. The molecule has 2 aromatic carbocycles. The Morgan fingerprint density at radius 2 is 1.85 bits per heavy atom. The first-order valence-electron chi connectivity index (χ1n) is 8.42. The second-order valence-corrected chi connectivity index (χ2v) is 6.48. The van der Waals surface area contributed by atoms with E-state index in [1.807, 2.05) is 24.3 Å². The molecule has 0 unspecified atom stereocenters. The summed E-state index contributed by atoms with van der Waals surface area (Å²) >= 11 is 5.86. The fourth-order valence-electron chi connectivity index (χ4n) is 2.92. The molecule has 26 heavy (non-hydrogen) atoms. The quantitative estimate of drug-likeness (QED) is 0.868. The first-order valence-corrected chi connectivity index (χ1v) is 8.80. The van der Waals surface area contributed by atoms with Crippen LogP contribution in [0.25, 0.3) is 0 Å². The van der Waals surface area contributed by atoms with Crippen molar-refractivity contribution < 1.29 is 13.9 Å². The van der Waals surface area contributed by atoms with Crippen molar-refractivity contribution in [2.45, 2.75) is 0 Å². The van der Waals surface area contributed by atoms with E-state index in [-0.39, 0.29) is 18.1 Å². The monoisotopic (exact) mass is 377 g/mol. The van der Waals surface area contributed by atoms with Crippen LogP contribution in [0.5, 0.6) is 5.75 Å². The van der Waals surface area contributed by atoms with Crippen molar-refractivity contribution >= 4 is 28.9 Å². The van der Waals surface area contributed by atoms with Gasteiger partial charge in [-0.3, -0.25) is 4.79 Å². The topological polar surface area (TPSA) is 44.8 Å². The minimum absolute atomic E-state index is 0.0415. The summed E-state index contributed by atoms with van der Waals surface area (Å²) in [7, 11) is 1.64. The minimum atomic E-state index is -0.425. The largest absolute Gasteiger partial charge is 0.497 e. The fraction of sp³-hybridized carbons (Fsp3) is 0.316. The number of nitrogens with zero attached hydrogens (tertiary/aromatic N) is 2. The Hall–Kier alpha value is -2.47. The van der Waals surface area contributed by atoms with Gasteiger partial charge in [-0.25, -0.2) is 4.39 Å². The van der Waals surface area contributed by atoms with E-state index in [2.05, 4.69) is 10.2 Å². The third-order valence-corrected chi connectivity index (χ3v) is 4.66. The van der Waals surface area contributed by atoms with Crippen LogP contribution in [0.2, 0.25) is 5.02 Å². The van der Waals surface area contributed by atoms with Crippen LogP contribution in [-0.2, 0) is 4.79 Å². The molecule has 1 amide bonds. The van der Waals surface area contributed by atoms with Crippen LogP contribution in [0.3, 0.4) is 0 Å². The van der Waals surface area contributed by atoms with Crippen molar-refractivity contribution in [2.75, 3.05) is 50.1 Å². The zero-order valence-corrected chi connectivity index (χ0v) is 15.3. The molecule has 5 nitrogen and oxygen atoms in total. The number of nitrogens with one attached hydrogen (secondary N) is 1. The van der Waals surface area contributed by atoms with Crippen LogP contribution in [0.15, 0.2) is 42.5 Å². The summed E-state index contributed by atoms with van der Waals surface area (Å²) < 4.78 is 18.9. The lowest BCUT2D eigenvalue weighted by atomic mass is 10.2. The highest BCUT2D eigenvalue weighted by Crippen LogP contribution is 2.21. The molecule has 7 heteroatoms. The van der Waals surface area contributed by atoms with E-state index in [1.165, 1.54) is 18.2 Å². The van der Waals surface area contributed by atoms with E-state index < -0.39 is 5.82 Å². The Balaban J connectivity index is 1.50. The summed E-state index contributed by atoms with van der Waals surface area (Å²) in [4.78, 5) is 16.4. The van der Waals surface area contributed by atoms with E-state index >= 15 is 0 Å². The van der Waals surface area contributed by atoms with Crippen LogP contribution in [0, 0.1) is 5.82 Å². The van der Waals surface area contributed by atoms with Crippen molar-refractivity contribution in [3.05, 3.63) is 53.3 Å². The number of halogens is 2. The predicted octanol–water partition coefficient (Wildman–Crippen LogP) is 3.25. The van der Waals surface area contributed by atoms with Crippen LogP contribution in [0.1, 0.15) is 0 Å². The highest BCUT2D eigenvalue weighted by atomic mass is 35.5. The average molecular weight is 378 g/mol. The van der Waals surface area contributed by atoms with Crippen molar-refractivity contribution in [1.82, 2.24) is 4.90 Å². The number of ether oxygens (including phenoxy) is 1. The van der Waals surface area contributed by atoms with Gasteiger partial charge in [0.05, 0.1) is 19.3 Å². The van der Waals surface area contributed by atoms with Gasteiger partial charge in [-0.2, -0.15) is 0 Å². The van der Waals surface area contributed by atoms with Crippen molar-refractivity contribution in [1.29, 1.82) is 0 Å². The number of rotatable bonds is 5. The molecule has 1 fully saturated rings. The Morgan fingerprint density at radius 1 is 1.15 bits per heavy atom. The lowest BCUT2D eigenvalue weighted by molar-refractivity contribution is -0.129. The molecule has 0 bridgehead atoms. The van der Waals surface area contributed by atoms with Gasteiger partial charge in [0.1, 0.15) is 11.6 Å². The molecule has 0 aliphatic carbocycles. The first-order chi connectivity index (χ1) is 12.6. The third kappa shape index (κ3) is 4.38. The number of carbonyl (C=O) groups is 1. The van der Waals surface area contributed by atoms with Gasteiger partial charge in [-0.15, -0.1) is 0 Å². The lowest BCUT2D eigenvalue weighted by Gasteiger charge is -2.36. The van der Waals surface area contributed by atoms with Gasteiger partial charge < -0.3 is 19.9 Å². The summed E-state index contributed by atoms with van der Waals surface area (Å²) in [5.41, 5.74) is 1.35. The van der Waals surface area contributed by atoms with E-state index in [0.29, 0.717) is 18.1 Å². The number of hydrogen-bond donors (Lipinski definition) is 1. The number of carbonyl (C=O) groups excluding carboxylic acids is 1. The van der Waals surface area contributed by atoms with Gasteiger partial charge in [0.15, 0.2) is 0 Å². The molecular formula is C19H21ClFN3O2. The van der Waals surface area contributed by atoms with E-state index in [9.17, 15) is 9.18 Å². The standard InChI is InChI=1S/C19H21ClFN3O2/c1-26-16-5-3-15(4-6-16)23-8-10-24(11-9-23)19(25)13-22-18-12-14(20)2-7-17(18)21/h2-7,12,22H,8-11,13H2,1H3. The Kier molecular flexibility index (Phi) is 5.83. The van der Waals surface area contributed by atoms with Crippen LogP contribution >= 0.6 is 11.6 Å². The summed E-state index contributed by atoms with van der Waals surface area (Å²) in [5.74, 6) is 0.340. The Bertz CT molecular complexity index is 762. The number of hydrogen-bond acceptors (Lipinski definition) is 4. The zero-order chi connectivity index (χ0) is 18.5. The SMILES string of the molecule is COc1ccc(N2CCN(C(=O)CNc3cc(Cl)ccc3F)CC2)cc1. The smallest absolute Gasteiger partial charge is 0.241 e. The lowest BCUT2D eigenvalue weighted by Crippen LogP contribution is -2.50. The first kappa shape index (κ1) is 18.3. The number of anilines is 2. The normalized spacial score (nSPS) is 14.3. The van der Waals surface area contributed by atoms with Crippen LogP contribution in [0.4, 0.5) is 15.8 Å². The maximum absolute atomic E-state index is 13.7. The predicted molar refractivity (Wildman–Crippen MR) is 102 cm³/mol.